The first-order chi connectivity index (χ1) is 12.0. The Morgan fingerprint density at radius 3 is 2.96 bits per heavy atom. The Kier molecular flexibility index (Phi) is 5.43. The minimum Gasteiger partial charge on any atom is -0.422 e. The number of nitrogens with zero attached hydrogens (tertiary/aromatic N) is 3. The zero-order valence-corrected chi connectivity index (χ0v) is 14.4. The van der Waals surface area contributed by atoms with Crippen LogP contribution < -0.4 is 0 Å². The monoisotopic (exact) mass is 347 g/mol. The Labute approximate surface area is 146 Å². The molecule has 1 atom stereocenters. The molecule has 1 aromatic heterocycles. The Morgan fingerprint density at radius 2 is 2.24 bits per heavy atom. The highest BCUT2D eigenvalue weighted by Crippen LogP contribution is 2.24. The normalized spacial score (nSPS) is 17.9. The number of carbonyl (C=O) groups excluding carboxylic acids is 1. The van der Waals surface area contributed by atoms with E-state index in [0.717, 1.165) is 5.56 Å². The van der Waals surface area contributed by atoms with Crippen LogP contribution in [0.25, 0.3) is 0 Å². The fourth-order valence-corrected chi connectivity index (χ4v) is 2.74. The van der Waals surface area contributed by atoms with E-state index in [1.54, 1.807) is 11.0 Å². The highest BCUT2D eigenvalue weighted by Gasteiger charge is 2.29. The minimum atomic E-state index is -0.396. The van der Waals surface area contributed by atoms with E-state index in [1.807, 2.05) is 19.9 Å². The van der Waals surface area contributed by atoms with Crippen LogP contribution in [0.4, 0.5) is 4.39 Å². The van der Waals surface area contributed by atoms with Crippen LogP contribution in [0, 0.1) is 5.82 Å². The van der Waals surface area contributed by atoms with E-state index in [0.29, 0.717) is 44.3 Å². The number of halogens is 1. The number of hydrogen-bond donors (Lipinski definition) is 0. The molecule has 2 heterocycles. The molecule has 134 valence electrons. The maximum absolute atomic E-state index is 13.2. The summed E-state index contributed by atoms with van der Waals surface area (Å²) in [5.41, 5.74) is 0.816. The van der Waals surface area contributed by atoms with E-state index < -0.39 is 6.10 Å². The molecule has 7 heteroatoms. The summed E-state index contributed by atoms with van der Waals surface area (Å²) in [7, 11) is 0. The van der Waals surface area contributed by atoms with Crippen LogP contribution in [-0.4, -0.2) is 40.7 Å². The molecule has 1 fully saturated rings. The summed E-state index contributed by atoms with van der Waals surface area (Å²) in [6, 6.07) is 6.33. The van der Waals surface area contributed by atoms with Gasteiger partial charge in [0, 0.05) is 18.9 Å². The Balaban J connectivity index is 1.57. The van der Waals surface area contributed by atoms with Crippen LogP contribution in [0.2, 0.25) is 0 Å². The van der Waals surface area contributed by atoms with Crippen molar-refractivity contribution in [1.82, 2.24) is 15.1 Å². The number of aryl methyl sites for hydroxylation is 1. The van der Waals surface area contributed by atoms with E-state index in [4.69, 9.17) is 9.15 Å². The standard InChI is InChI=1S/C18H22FN3O3/c1-12(2)17-20-21-18(25-17)15-11-22(8-9-24-15)16(23)7-6-13-4-3-5-14(19)10-13/h3-5,10,12,15H,6-9,11H2,1-2H3/t15-/m0/s1. The van der Waals surface area contributed by atoms with Gasteiger partial charge in [0.15, 0.2) is 6.10 Å². The number of carbonyl (C=O) groups is 1. The lowest BCUT2D eigenvalue weighted by Crippen LogP contribution is -2.42. The zero-order chi connectivity index (χ0) is 17.8. The number of hydrogen-bond acceptors (Lipinski definition) is 5. The number of amides is 1. The Hall–Kier alpha value is -2.28. The Bertz CT molecular complexity index is 732. The van der Waals surface area contributed by atoms with Crippen molar-refractivity contribution in [3.8, 4) is 0 Å². The van der Waals surface area contributed by atoms with Crippen molar-refractivity contribution < 1.29 is 18.3 Å². The summed E-state index contributed by atoms with van der Waals surface area (Å²) in [5.74, 6) is 0.850. The number of rotatable bonds is 5. The highest BCUT2D eigenvalue weighted by molar-refractivity contribution is 5.76. The van der Waals surface area contributed by atoms with Gasteiger partial charge < -0.3 is 14.1 Å². The lowest BCUT2D eigenvalue weighted by atomic mass is 10.1. The second kappa shape index (κ2) is 7.74. The van der Waals surface area contributed by atoms with Crippen molar-refractivity contribution in [2.75, 3.05) is 19.7 Å². The molecular formula is C18H22FN3O3. The van der Waals surface area contributed by atoms with Gasteiger partial charge in [0.25, 0.3) is 0 Å². The molecule has 1 amide bonds. The van der Waals surface area contributed by atoms with Crippen LogP contribution in [-0.2, 0) is 16.0 Å². The summed E-state index contributed by atoms with van der Waals surface area (Å²) in [6.07, 6.45) is 0.445. The fourth-order valence-electron chi connectivity index (χ4n) is 2.74. The highest BCUT2D eigenvalue weighted by atomic mass is 19.1. The predicted molar refractivity (Wildman–Crippen MR) is 88.4 cm³/mol. The second-order valence-electron chi connectivity index (χ2n) is 6.46. The van der Waals surface area contributed by atoms with Crippen LogP contribution in [0.3, 0.4) is 0 Å². The third-order valence-corrected chi connectivity index (χ3v) is 4.16. The van der Waals surface area contributed by atoms with Crippen molar-refractivity contribution in [3.63, 3.8) is 0 Å². The molecule has 0 spiro atoms. The van der Waals surface area contributed by atoms with Crippen molar-refractivity contribution in [2.24, 2.45) is 0 Å². The van der Waals surface area contributed by atoms with Gasteiger partial charge in [-0.05, 0) is 24.1 Å². The zero-order valence-electron chi connectivity index (χ0n) is 14.4. The van der Waals surface area contributed by atoms with Gasteiger partial charge in [0.05, 0.1) is 13.2 Å². The van der Waals surface area contributed by atoms with Gasteiger partial charge in [-0.15, -0.1) is 10.2 Å². The third kappa shape index (κ3) is 4.42. The fraction of sp³-hybridized carbons (Fsp3) is 0.500. The number of morpholine rings is 1. The molecule has 1 saturated heterocycles. The molecular weight excluding hydrogens is 325 g/mol. The molecule has 3 rings (SSSR count). The van der Waals surface area contributed by atoms with Gasteiger partial charge >= 0.3 is 0 Å². The van der Waals surface area contributed by atoms with Crippen molar-refractivity contribution in [2.45, 2.75) is 38.7 Å². The third-order valence-electron chi connectivity index (χ3n) is 4.16. The topological polar surface area (TPSA) is 68.5 Å². The average molecular weight is 347 g/mol. The lowest BCUT2D eigenvalue weighted by molar-refractivity contribution is -0.139. The molecule has 0 saturated carbocycles. The smallest absolute Gasteiger partial charge is 0.247 e. The number of ether oxygens (including phenoxy) is 1. The number of aromatic nitrogens is 2. The minimum absolute atomic E-state index is 0.0150. The van der Waals surface area contributed by atoms with Gasteiger partial charge in [0.1, 0.15) is 5.82 Å². The molecule has 1 aliphatic rings. The quantitative estimate of drug-likeness (QED) is 0.832. The van der Waals surface area contributed by atoms with Crippen LogP contribution in [0.15, 0.2) is 28.7 Å². The first-order valence-corrected chi connectivity index (χ1v) is 8.50. The van der Waals surface area contributed by atoms with Crippen LogP contribution in [0.1, 0.15) is 49.6 Å². The number of benzene rings is 1. The predicted octanol–water partition coefficient (Wildman–Crippen LogP) is 2.86. The molecule has 2 aromatic rings. The molecule has 1 aromatic carbocycles. The largest absolute Gasteiger partial charge is 0.422 e. The summed E-state index contributed by atoms with van der Waals surface area (Å²) in [5, 5.41) is 8.05. The second-order valence-corrected chi connectivity index (χ2v) is 6.46. The van der Waals surface area contributed by atoms with E-state index in [2.05, 4.69) is 10.2 Å². The van der Waals surface area contributed by atoms with Gasteiger partial charge in [-0.25, -0.2) is 4.39 Å². The van der Waals surface area contributed by atoms with E-state index in [1.165, 1.54) is 12.1 Å². The van der Waals surface area contributed by atoms with E-state index in [-0.39, 0.29) is 17.6 Å². The van der Waals surface area contributed by atoms with Gasteiger partial charge in [-0.2, -0.15) is 0 Å². The van der Waals surface area contributed by atoms with Gasteiger partial charge in [0.2, 0.25) is 17.7 Å². The lowest BCUT2D eigenvalue weighted by Gasteiger charge is -2.31. The van der Waals surface area contributed by atoms with E-state index in [9.17, 15) is 9.18 Å². The first kappa shape index (κ1) is 17.5. The summed E-state index contributed by atoms with van der Waals surface area (Å²) in [4.78, 5) is 14.2. The maximum atomic E-state index is 13.2. The first-order valence-electron chi connectivity index (χ1n) is 8.50. The van der Waals surface area contributed by atoms with Crippen LogP contribution >= 0.6 is 0 Å². The molecule has 0 bridgehead atoms. The van der Waals surface area contributed by atoms with Gasteiger partial charge in [-0.1, -0.05) is 26.0 Å². The molecule has 25 heavy (non-hydrogen) atoms. The molecule has 0 radical (unpaired) electrons. The van der Waals surface area contributed by atoms with Crippen molar-refractivity contribution >= 4 is 5.91 Å². The van der Waals surface area contributed by atoms with Crippen LogP contribution in [0.5, 0.6) is 0 Å². The average Bonchev–Trinajstić information content (AvgIpc) is 3.10. The Morgan fingerprint density at radius 1 is 1.40 bits per heavy atom. The molecule has 6 nitrogen and oxygen atoms in total. The summed E-state index contributed by atoms with van der Waals surface area (Å²) in [6.45, 7) is 5.30. The summed E-state index contributed by atoms with van der Waals surface area (Å²) >= 11 is 0. The van der Waals surface area contributed by atoms with Crippen molar-refractivity contribution in [3.05, 3.63) is 47.4 Å². The SMILES string of the molecule is CC(C)c1nnc([C@@H]2CN(C(=O)CCc3cccc(F)c3)CCO2)o1. The van der Waals surface area contributed by atoms with E-state index >= 15 is 0 Å². The van der Waals surface area contributed by atoms with Gasteiger partial charge in [-0.3, -0.25) is 4.79 Å². The molecule has 0 unspecified atom stereocenters. The molecule has 0 aliphatic carbocycles. The van der Waals surface area contributed by atoms with Crippen molar-refractivity contribution in [1.29, 1.82) is 0 Å². The maximum Gasteiger partial charge on any atom is 0.247 e. The molecule has 0 N–H and O–H groups in total. The molecule has 1 aliphatic heterocycles. The summed E-state index contributed by atoms with van der Waals surface area (Å²) < 4.78 is 24.5.